The van der Waals surface area contributed by atoms with Crippen LogP contribution < -0.4 is 0 Å². The first kappa shape index (κ1) is 30.6. The Morgan fingerprint density at radius 3 is 1.63 bits per heavy atom. The molecule has 0 spiro atoms. The van der Waals surface area contributed by atoms with Crippen LogP contribution in [0, 0.1) is 29.1 Å². The summed E-state index contributed by atoms with van der Waals surface area (Å²) >= 11 is 0. The van der Waals surface area contributed by atoms with Crippen LogP contribution in [0.4, 0.5) is 0 Å². The molecule has 1 unspecified atom stereocenters. The second-order valence-electron chi connectivity index (χ2n) is 13.2. The molecular formula is C35H54O3. The third-order valence-electron chi connectivity index (χ3n) is 9.30. The normalized spacial score (nSPS) is 27.8. The van der Waals surface area contributed by atoms with Crippen molar-refractivity contribution in [3.05, 3.63) is 46.6 Å². The number of allylic oxidation sites excluding steroid dienone is 8. The van der Waals surface area contributed by atoms with Gasteiger partial charge in [-0.05, 0) is 143 Å². The van der Waals surface area contributed by atoms with E-state index in [9.17, 15) is 9.59 Å². The van der Waals surface area contributed by atoms with Gasteiger partial charge in [0, 0.05) is 5.41 Å². The molecule has 0 aliphatic heterocycles. The summed E-state index contributed by atoms with van der Waals surface area (Å²) < 4.78 is 5.41. The highest BCUT2D eigenvalue weighted by Gasteiger charge is 2.56. The van der Waals surface area contributed by atoms with Gasteiger partial charge < -0.3 is 4.74 Å². The van der Waals surface area contributed by atoms with Crippen LogP contribution in [0.15, 0.2) is 46.6 Å². The maximum Gasteiger partial charge on any atom is 0.316 e. The molecule has 3 heteroatoms. The topological polar surface area (TPSA) is 43.4 Å². The van der Waals surface area contributed by atoms with Crippen LogP contribution >= 0.6 is 0 Å². The van der Waals surface area contributed by atoms with E-state index in [0.29, 0.717) is 30.8 Å². The lowest BCUT2D eigenvalue weighted by molar-refractivity contribution is -0.160. The summed E-state index contributed by atoms with van der Waals surface area (Å²) in [5.41, 5.74) is 5.32. The van der Waals surface area contributed by atoms with Gasteiger partial charge in [0.15, 0.2) is 5.78 Å². The Labute approximate surface area is 233 Å². The third-order valence-corrected chi connectivity index (χ3v) is 9.30. The third kappa shape index (κ3) is 8.82. The molecule has 38 heavy (non-hydrogen) atoms. The summed E-state index contributed by atoms with van der Waals surface area (Å²) in [5, 5.41) is 0. The molecule has 4 aliphatic rings. The number of carbonyl (C=O) groups is 2. The zero-order valence-electron chi connectivity index (χ0n) is 25.2. The van der Waals surface area contributed by atoms with Crippen LogP contribution in [-0.2, 0) is 14.3 Å². The molecule has 0 N–H and O–H groups in total. The Bertz CT molecular complexity index is 905. The van der Waals surface area contributed by atoms with Crippen molar-refractivity contribution in [2.75, 3.05) is 6.61 Å². The molecule has 0 heterocycles. The van der Waals surface area contributed by atoms with Crippen molar-refractivity contribution in [3.63, 3.8) is 0 Å². The number of carbonyl (C=O) groups excluding carboxylic acids is 2. The monoisotopic (exact) mass is 522 g/mol. The Balaban J connectivity index is 1.50. The largest absolute Gasteiger partial charge is 0.465 e. The summed E-state index contributed by atoms with van der Waals surface area (Å²) in [4.78, 5) is 26.9. The van der Waals surface area contributed by atoms with E-state index in [4.69, 9.17) is 4.74 Å². The van der Waals surface area contributed by atoms with Gasteiger partial charge in [0.25, 0.3) is 0 Å². The van der Waals surface area contributed by atoms with Crippen molar-refractivity contribution in [1.29, 1.82) is 0 Å². The minimum atomic E-state index is -0.634. The standard InChI is InChI=1S/C35H54O3/c1-7-38-34(37)32(33(36)35-22-29-19-30(23-35)21-31(20-29)24-35)18-17-28(6)16-10-15-27(5)14-9-13-26(4)12-8-11-25(2)3/h11,13,15,17,29-32H,7-10,12,14,16,18-24H2,1-6H3/b26-13+,27-15+,28-17+. The molecule has 212 valence electrons. The molecule has 0 radical (unpaired) electrons. The molecule has 4 aliphatic carbocycles. The maximum absolute atomic E-state index is 13.9. The first-order valence-corrected chi connectivity index (χ1v) is 15.4. The number of hydrogen-bond acceptors (Lipinski definition) is 3. The van der Waals surface area contributed by atoms with Gasteiger partial charge in [0.1, 0.15) is 5.92 Å². The lowest BCUT2D eigenvalue weighted by Gasteiger charge is -2.56. The van der Waals surface area contributed by atoms with Gasteiger partial charge in [0.05, 0.1) is 6.61 Å². The quantitative estimate of drug-likeness (QED) is 0.122. The highest BCUT2D eigenvalue weighted by Crippen LogP contribution is 2.61. The molecule has 4 fully saturated rings. The fraction of sp³-hybridized carbons (Fsp3) is 0.714. The number of Topliss-reactive ketones (excluding diaryl/α,β-unsaturated/α-hetero) is 1. The Morgan fingerprint density at radius 1 is 0.737 bits per heavy atom. The van der Waals surface area contributed by atoms with E-state index in [1.165, 1.54) is 41.6 Å². The van der Waals surface area contributed by atoms with E-state index < -0.39 is 5.92 Å². The first-order chi connectivity index (χ1) is 18.1. The van der Waals surface area contributed by atoms with Crippen LogP contribution in [0.2, 0.25) is 0 Å². The molecule has 0 amide bonds. The van der Waals surface area contributed by atoms with E-state index in [0.717, 1.165) is 57.8 Å². The predicted molar refractivity (Wildman–Crippen MR) is 159 cm³/mol. The first-order valence-electron chi connectivity index (χ1n) is 15.4. The molecule has 0 aromatic rings. The van der Waals surface area contributed by atoms with Gasteiger partial charge in [-0.15, -0.1) is 0 Å². The summed E-state index contributed by atoms with van der Waals surface area (Å²) in [7, 11) is 0. The van der Waals surface area contributed by atoms with E-state index in [2.05, 4.69) is 58.9 Å². The van der Waals surface area contributed by atoms with Crippen LogP contribution in [0.1, 0.15) is 125 Å². The summed E-state index contributed by atoms with van der Waals surface area (Å²) in [6.07, 6.45) is 23.1. The highest BCUT2D eigenvalue weighted by molar-refractivity contribution is 6.02. The minimum absolute atomic E-state index is 0.194. The lowest BCUT2D eigenvalue weighted by Crippen LogP contribution is -2.52. The van der Waals surface area contributed by atoms with Crippen molar-refractivity contribution < 1.29 is 14.3 Å². The van der Waals surface area contributed by atoms with E-state index in [1.807, 2.05) is 6.92 Å². The fourth-order valence-corrected chi connectivity index (χ4v) is 7.64. The fourth-order valence-electron chi connectivity index (χ4n) is 7.64. The second kappa shape index (κ2) is 14.5. The SMILES string of the molecule is CCOC(=O)C(C/C=C(\C)CC/C=C(\C)CC/C=C(\C)CCC=C(C)C)C(=O)C12CC3CC(CC(C3)C1)C2. The van der Waals surface area contributed by atoms with Crippen LogP contribution in [0.3, 0.4) is 0 Å². The van der Waals surface area contributed by atoms with E-state index in [-0.39, 0.29) is 17.2 Å². The van der Waals surface area contributed by atoms with Gasteiger partial charge >= 0.3 is 5.97 Å². The maximum atomic E-state index is 13.9. The number of ether oxygens (including phenoxy) is 1. The van der Waals surface area contributed by atoms with Crippen LogP contribution in [-0.4, -0.2) is 18.4 Å². The molecule has 0 aromatic carbocycles. The van der Waals surface area contributed by atoms with Crippen molar-refractivity contribution in [2.45, 2.75) is 125 Å². The second-order valence-corrected chi connectivity index (χ2v) is 13.2. The Hall–Kier alpha value is -1.90. The molecule has 0 aromatic heterocycles. The van der Waals surface area contributed by atoms with Gasteiger partial charge in [0.2, 0.25) is 0 Å². The van der Waals surface area contributed by atoms with Crippen molar-refractivity contribution in [3.8, 4) is 0 Å². The molecule has 4 bridgehead atoms. The molecule has 1 atom stereocenters. The number of ketones is 1. The molecule has 4 rings (SSSR count). The van der Waals surface area contributed by atoms with Crippen LogP contribution in [0.5, 0.6) is 0 Å². The molecule has 3 nitrogen and oxygen atoms in total. The van der Waals surface area contributed by atoms with Gasteiger partial charge in [-0.2, -0.15) is 0 Å². The smallest absolute Gasteiger partial charge is 0.316 e. The number of rotatable bonds is 15. The van der Waals surface area contributed by atoms with Crippen molar-refractivity contribution >= 4 is 11.8 Å². The van der Waals surface area contributed by atoms with Crippen molar-refractivity contribution in [2.24, 2.45) is 29.1 Å². The zero-order valence-corrected chi connectivity index (χ0v) is 25.2. The predicted octanol–water partition coefficient (Wildman–Crippen LogP) is 9.49. The summed E-state index contributed by atoms with van der Waals surface area (Å²) in [6, 6.07) is 0. The highest BCUT2D eigenvalue weighted by atomic mass is 16.5. The lowest BCUT2D eigenvalue weighted by atomic mass is 9.47. The van der Waals surface area contributed by atoms with Crippen LogP contribution in [0.25, 0.3) is 0 Å². The van der Waals surface area contributed by atoms with Gasteiger partial charge in [-0.1, -0.05) is 46.6 Å². The average molecular weight is 523 g/mol. The van der Waals surface area contributed by atoms with Crippen molar-refractivity contribution in [1.82, 2.24) is 0 Å². The van der Waals surface area contributed by atoms with Gasteiger partial charge in [-0.25, -0.2) is 0 Å². The number of hydrogen-bond donors (Lipinski definition) is 0. The zero-order chi connectivity index (χ0) is 27.7. The molecular weight excluding hydrogens is 468 g/mol. The minimum Gasteiger partial charge on any atom is -0.465 e. The van der Waals surface area contributed by atoms with E-state index >= 15 is 0 Å². The van der Waals surface area contributed by atoms with Gasteiger partial charge in [-0.3, -0.25) is 9.59 Å². The Kier molecular flexibility index (Phi) is 11.7. The molecule has 4 saturated carbocycles. The molecule has 0 saturated heterocycles. The summed E-state index contributed by atoms with van der Waals surface area (Å²) in [6.45, 7) is 13.1. The Morgan fingerprint density at radius 2 is 1.18 bits per heavy atom. The van der Waals surface area contributed by atoms with E-state index in [1.54, 1.807) is 0 Å². The number of esters is 1. The summed E-state index contributed by atoms with van der Waals surface area (Å²) in [5.74, 6) is 1.34. The average Bonchev–Trinajstić information content (AvgIpc) is 2.83.